The summed E-state index contributed by atoms with van der Waals surface area (Å²) in [5.74, 6) is 0.719. The Hall–Kier alpha value is -1.08. The van der Waals surface area contributed by atoms with E-state index >= 15 is 0 Å². The average molecular weight is 299 g/mol. The largest absolute Gasteiger partial charge is 0.0669 e. The summed E-state index contributed by atoms with van der Waals surface area (Å²) in [6, 6.07) is 12.5. The molecule has 0 bridgehead atoms. The quantitative estimate of drug-likeness (QED) is 0.712. The average Bonchev–Trinajstić information content (AvgIpc) is 2.61. The van der Waals surface area contributed by atoms with E-state index in [1.165, 1.54) is 12.5 Å². The fourth-order valence-electron chi connectivity index (χ4n) is 3.49. The fraction of sp³-hybridized carbons (Fsp3) is 0.500. The van der Waals surface area contributed by atoms with Gasteiger partial charge in [0.15, 0.2) is 0 Å². The van der Waals surface area contributed by atoms with Crippen LogP contribution in [0, 0.1) is 11.3 Å². The molecule has 0 aliphatic heterocycles. The summed E-state index contributed by atoms with van der Waals surface area (Å²) < 4.78 is 0. The van der Waals surface area contributed by atoms with Crippen LogP contribution in [0.4, 0.5) is 0 Å². The van der Waals surface area contributed by atoms with Gasteiger partial charge in [0.05, 0.1) is 9.52 Å². The number of allylic oxidation sites excluding steroid dienone is 4. The third-order valence-corrected chi connectivity index (χ3v) is 6.78. The minimum absolute atomic E-state index is 0.171. The molecule has 1 aromatic rings. The van der Waals surface area contributed by atoms with Crippen molar-refractivity contribution in [2.45, 2.75) is 54.0 Å². The van der Waals surface area contributed by atoms with E-state index in [-0.39, 0.29) is 9.52 Å². The first-order valence-corrected chi connectivity index (χ1v) is 9.91. The third-order valence-electron chi connectivity index (χ3n) is 4.86. The zero-order valence-corrected chi connectivity index (χ0v) is 16.0. The lowest BCUT2D eigenvalue weighted by atomic mass is 9.82. The molecule has 0 heterocycles. The Kier molecular flexibility index (Phi) is 4.93. The van der Waals surface area contributed by atoms with Gasteiger partial charge in [-0.3, -0.25) is 0 Å². The van der Waals surface area contributed by atoms with Gasteiger partial charge in [-0.05, 0) is 55.7 Å². The highest BCUT2D eigenvalue weighted by Crippen LogP contribution is 2.43. The van der Waals surface area contributed by atoms with E-state index in [4.69, 9.17) is 0 Å². The van der Waals surface area contributed by atoms with Gasteiger partial charge in [-0.25, -0.2) is 0 Å². The van der Waals surface area contributed by atoms with Gasteiger partial charge in [0.2, 0.25) is 0 Å². The second-order valence-corrected chi connectivity index (χ2v) is 9.67. The molecule has 0 amide bonds. The molecular weight excluding hydrogens is 268 g/mol. The molecule has 0 radical (unpaired) electrons. The van der Waals surface area contributed by atoms with Crippen molar-refractivity contribution < 1.29 is 0 Å². The smallest absolute Gasteiger partial charge is 0.0556 e. The molecule has 0 N–H and O–H groups in total. The predicted molar refractivity (Wildman–Crippen MR) is 98.1 cm³/mol. The third kappa shape index (κ3) is 3.97. The van der Waals surface area contributed by atoms with Crippen molar-refractivity contribution in [2.24, 2.45) is 11.3 Å². The summed E-state index contributed by atoms with van der Waals surface area (Å²) in [5, 5.41) is 1.60. The molecule has 0 nitrogen and oxygen atoms in total. The summed E-state index contributed by atoms with van der Waals surface area (Å²) in [6.07, 6.45) is 1.24. The van der Waals surface area contributed by atoms with Crippen LogP contribution >= 0.6 is 0 Å². The maximum Gasteiger partial charge on any atom is 0.0556 e. The molecule has 0 saturated carbocycles. The molecule has 0 saturated heterocycles. The van der Waals surface area contributed by atoms with Gasteiger partial charge in [-0.15, -0.1) is 0 Å². The van der Waals surface area contributed by atoms with Crippen molar-refractivity contribution in [2.75, 3.05) is 0 Å². The molecule has 1 aliphatic carbocycles. The van der Waals surface area contributed by atoms with E-state index in [9.17, 15) is 0 Å². The SMILES string of the molecule is CC1=C(C)C(C[SiH2]c2ccccc2)C(CC(C)(C)C)=C1C. The standard InChI is InChI=1S/C20H30Si/c1-14-15(2)18(12-20(4,5)6)19(16(14)3)13-21-17-10-8-7-9-11-17/h7-11,19H,12-13,21H2,1-6H3. The Bertz CT molecular complexity index is 555. The maximum absolute atomic E-state index is 2.36. The van der Waals surface area contributed by atoms with Crippen molar-refractivity contribution in [3.05, 3.63) is 52.6 Å². The van der Waals surface area contributed by atoms with Crippen molar-refractivity contribution in [1.29, 1.82) is 0 Å². The second kappa shape index (κ2) is 6.35. The minimum Gasteiger partial charge on any atom is -0.0669 e. The zero-order valence-electron chi connectivity index (χ0n) is 14.6. The van der Waals surface area contributed by atoms with Crippen LogP contribution in [-0.2, 0) is 0 Å². The predicted octanol–water partition coefficient (Wildman–Crippen LogP) is 4.62. The molecule has 2 rings (SSSR count). The van der Waals surface area contributed by atoms with Crippen LogP contribution in [0.3, 0.4) is 0 Å². The van der Waals surface area contributed by atoms with E-state index in [0.29, 0.717) is 5.41 Å². The first kappa shape index (κ1) is 16.3. The molecule has 1 atom stereocenters. The molecule has 114 valence electrons. The van der Waals surface area contributed by atoms with Crippen LogP contribution in [0.15, 0.2) is 52.6 Å². The molecule has 1 heteroatoms. The van der Waals surface area contributed by atoms with Crippen LogP contribution in [0.1, 0.15) is 48.0 Å². The lowest BCUT2D eigenvalue weighted by Gasteiger charge is -2.25. The van der Waals surface area contributed by atoms with E-state index in [0.717, 1.165) is 5.92 Å². The second-order valence-electron chi connectivity index (χ2n) is 7.77. The summed E-state index contributed by atoms with van der Waals surface area (Å²) >= 11 is 0. The molecule has 1 aromatic carbocycles. The zero-order chi connectivity index (χ0) is 15.6. The van der Waals surface area contributed by atoms with Crippen LogP contribution in [-0.4, -0.2) is 9.52 Å². The van der Waals surface area contributed by atoms with E-state index in [1.54, 1.807) is 27.5 Å². The maximum atomic E-state index is 2.36. The summed E-state index contributed by atoms with van der Waals surface area (Å²) in [5.41, 5.74) is 6.88. The number of hydrogen-bond acceptors (Lipinski definition) is 0. The number of hydrogen-bond donors (Lipinski definition) is 0. The van der Waals surface area contributed by atoms with Gasteiger partial charge in [-0.2, -0.15) is 0 Å². The summed E-state index contributed by atoms with van der Waals surface area (Å²) in [4.78, 5) is 0. The topological polar surface area (TPSA) is 0 Å². The highest BCUT2D eigenvalue weighted by atomic mass is 28.2. The number of rotatable bonds is 4. The Morgan fingerprint density at radius 1 is 0.952 bits per heavy atom. The normalized spacial score (nSPS) is 20.2. The van der Waals surface area contributed by atoms with Gasteiger partial charge >= 0.3 is 0 Å². The van der Waals surface area contributed by atoms with E-state index < -0.39 is 0 Å². The molecule has 0 spiro atoms. The molecule has 0 aromatic heterocycles. The Labute approximate surface area is 133 Å². The van der Waals surface area contributed by atoms with Crippen LogP contribution in [0.25, 0.3) is 0 Å². The minimum atomic E-state index is -0.171. The lowest BCUT2D eigenvalue weighted by molar-refractivity contribution is 0.397. The molecular formula is C20H30Si. The van der Waals surface area contributed by atoms with Crippen LogP contribution in [0.2, 0.25) is 6.04 Å². The molecule has 1 unspecified atom stereocenters. The van der Waals surface area contributed by atoms with Gasteiger partial charge in [0.1, 0.15) is 0 Å². The fourth-order valence-corrected chi connectivity index (χ4v) is 5.50. The van der Waals surface area contributed by atoms with Crippen molar-refractivity contribution in [3.63, 3.8) is 0 Å². The van der Waals surface area contributed by atoms with Gasteiger partial charge in [0, 0.05) is 0 Å². The van der Waals surface area contributed by atoms with Crippen molar-refractivity contribution in [1.82, 2.24) is 0 Å². The Morgan fingerprint density at radius 2 is 1.57 bits per heavy atom. The summed E-state index contributed by atoms with van der Waals surface area (Å²) in [6.45, 7) is 14.1. The van der Waals surface area contributed by atoms with Crippen LogP contribution in [0.5, 0.6) is 0 Å². The highest BCUT2D eigenvalue weighted by Gasteiger charge is 2.29. The van der Waals surface area contributed by atoms with Crippen LogP contribution < -0.4 is 5.19 Å². The molecule has 1 aliphatic rings. The van der Waals surface area contributed by atoms with Gasteiger partial charge < -0.3 is 0 Å². The monoisotopic (exact) mass is 298 g/mol. The highest BCUT2D eigenvalue weighted by molar-refractivity contribution is 6.53. The number of benzene rings is 1. The van der Waals surface area contributed by atoms with Crippen molar-refractivity contribution >= 4 is 14.7 Å². The van der Waals surface area contributed by atoms with Gasteiger partial charge in [-0.1, -0.05) is 67.4 Å². The Morgan fingerprint density at radius 3 is 2.14 bits per heavy atom. The van der Waals surface area contributed by atoms with E-state index in [1.807, 2.05) is 0 Å². The first-order chi connectivity index (χ1) is 9.79. The Balaban J connectivity index is 2.15. The first-order valence-electron chi connectivity index (χ1n) is 8.21. The molecule has 0 fully saturated rings. The summed E-state index contributed by atoms with van der Waals surface area (Å²) in [7, 11) is -0.171. The molecule has 21 heavy (non-hydrogen) atoms. The van der Waals surface area contributed by atoms with Crippen molar-refractivity contribution in [3.8, 4) is 0 Å². The van der Waals surface area contributed by atoms with Gasteiger partial charge in [0.25, 0.3) is 0 Å². The lowest BCUT2D eigenvalue weighted by Crippen LogP contribution is -2.19. The van der Waals surface area contributed by atoms with E-state index in [2.05, 4.69) is 71.9 Å².